The van der Waals surface area contributed by atoms with Crippen LogP contribution in [-0.2, 0) is 9.59 Å². The van der Waals surface area contributed by atoms with Crippen molar-refractivity contribution in [1.29, 1.82) is 0 Å². The van der Waals surface area contributed by atoms with Gasteiger partial charge >= 0.3 is 5.91 Å². The number of hydrogen-bond donors (Lipinski definition) is 2. The number of carbonyl (C=O) groups excluding carboxylic acids is 2. The summed E-state index contributed by atoms with van der Waals surface area (Å²) >= 11 is 0. The molecule has 3 heterocycles. The van der Waals surface area contributed by atoms with E-state index in [0.717, 1.165) is 5.52 Å². The van der Waals surface area contributed by atoms with Crippen LogP contribution in [0.25, 0.3) is 16.8 Å². The Morgan fingerprint density at radius 2 is 1.91 bits per heavy atom. The van der Waals surface area contributed by atoms with Gasteiger partial charge in [-0.2, -0.15) is 0 Å². The van der Waals surface area contributed by atoms with Gasteiger partial charge in [0.05, 0.1) is 28.9 Å². The lowest BCUT2D eigenvalue weighted by Crippen LogP contribution is -2.30. The van der Waals surface area contributed by atoms with Gasteiger partial charge in [0.15, 0.2) is 0 Å². The average molecular weight is 440 g/mol. The number of carbonyl (C=O) groups is 2. The highest BCUT2D eigenvalue weighted by molar-refractivity contribution is 6.51. The quantitative estimate of drug-likeness (QED) is 0.276. The molecule has 0 radical (unpaired) electrons. The summed E-state index contributed by atoms with van der Waals surface area (Å²) in [5, 5.41) is 11.2. The minimum Gasteiger partial charge on any atom is -0.507 e. The van der Waals surface area contributed by atoms with Gasteiger partial charge in [-0.25, -0.2) is 4.98 Å². The summed E-state index contributed by atoms with van der Waals surface area (Å²) in [5.74, 6) is -1.17. The minimum absolute atomic E-state index is 0.0622. The molecule has 0 spiro atoms. The van der Waals surface area contributed by atoms with Crippen molar-refractivity contribution in [2.24, 2.45) is 0 Å². The van der Waals surface area contributed by atoms with Gasteiger partial charge in [0.25, 0.3) is 5.78 Å². The van der Waals surface area contributed by atoms with E-state index < -0.39 is 17.7 Å². The van der Waals surface area contributed by atoms with Crippen LogP contribution in [0.3, 0.4) is 0 Å². The van der Waals surface area contributed by atoms with Gasteiger partial charge in [-0.15, -0.1) is 0 Å². The second kappa shape index (κ2) is 8.23. The Bertz CT molecular complexity index is 1360. The van der Waals surface area contributed by atoms with Crippen molar-refractivity contribution in [3.05, 3.63) is 89.8 Å². The predicted octanol–water partition coefficient (Wildman–Crippen LogP) is 3.98. The smallest absolute Gasteiger partial charge is 0.302 e. The van der Waals surface area contributed by atoms with Crippen LogP contribution >= 0.6 is 0 Å². The standard InChI is InChI=1S/C25H20N4O4/c1-2-33-16-9-7-8-15(14-16)22(30)20-21(19-12-5-6-13-26-19)29(24(32)23(20)31)25-27-17-10-3-4-11-18(17)28-25/h3-14,21,30H,2H2,1H3,(H,27,28)/b22-20+. The minimum atomic E-state index is -0.956. The number of benzene rings is 2. The molecule has 0 bridgehead atoms. The zero-order valence-electron chi connectivity index (χ0n) is 17.7. The predicted molar refractivity (Wildman–Crippen MR) is 123 cm³/mol. The number of aromatic amines is 1. The molecular formula is C25H20N4O4. The van der Waals surface area contributed by atoms with Crippen LogP contribution in [0, 0.1) is 0 Å². The number of ether oxygens (including phenoxy) is 1. The molecule has 1 amide bonds. The van der Waals surface area contributed by atoms with Crippen molar-refractivity contribution in [3.63, 3.8) is 0 Å². The van der Waals surface area contributed by atoms with E-state index in [1.807, 2.05) is 25.1 Å². The van der Waals surface area contributed by atoms with Crippen molar-refractivity contribution in [3.8, 4) is 5.75 Å². The first-order chi connectivity index (χ1) is 16.1. The van der Waals surface area contributed by atoms with E-state index in [9.17, 15) is 14.7 Å². The van der Waals surface area contributed by atoms with Crippen molar-refractivity contribution < 1.29 is 19.4 Å². The summed E-state index contributed by atoms with van der Waals surface area (Å²) < 4.78 is 5.52. The third kappa shape index (κ3) is 3.51. The van der Waals surface area contributed by atoms with Crippen LogP contribution < -0.4 is 9.64 Å². The van der Waals surface area contributed by atoms with Gasteiger partial charge in [0, 0.05) is 11.8 Å². The first kappa shape index (κ1) is 20.4. The highest BCUT2D eigenvalue weighted by Crippen LogP contribution is 2.41. The van der Waals surface area contributed by atoms with Gasteiger partial charge in [0.1, 0.15) is 17.6 Å². The van der Waals surface area contributed by atoms with Crippen LogP contribution in [0.5, 0.6) is 5.75 Å². The normalized spacial score (nSPS) is 17.6. The summed E-state index contributed by atoms with van der Waals surface area (Å²) in [6.45, 7) is 2.31. The molecule has 2 aromatic carbocycles. The first-order valence-corrected chi connectivity index (χ1v) is 10.5. The van der Waals surface area contributed by atoms with Gasteiger partial charge in [-0.1, -0.05) is 30.3 Å². The number of aliphatic hydroxyl groups is 1. The van der Waals surface area contributed by atoms with E-state index in [1.165, 1.54) is 4.90 Å². The molecule has 2 N–H and O–H groups in total. The number of rotatable bonds is 5. The molecule has 164 valence electrons. The van der Waals surface area contributed by atoms with Crippen LogP contribution in [0.15, 0.2) is 78.5 Å². The fourth-order valence-corrected chi connectivity index (χ4v) is 3.98. The van der Waals surface area contributed by atoms with E-state index in [4.69, 9.17) is 4.74 Å². The number of aromatic nitrogens is 3. The van der Waals surface area contributed by atoms with E-state index in [-0.39, 0.29) is 17.3 Å². The SMILES string of the molecule is CCOc1cccc(/C(O)=C2\C(=O)C(=O)N(c3nc4ccccc4[nH]3)C2c2ccccn2)c1. The second-order valence-corrected chi connectivity index (χ2v) is 7.46. The number of nitrogens with one attached hydrogen (secondary N) is 1. The number of H-pyrrole nitrogens is 1. The third-order valence-electron chi connectivity index (χ3n) is 5.44. The first-order valence-electron chi connectivity index (χ1n) is 10.5. The molecule has 1 saturated heterocycles. The van der Waals surface area contributed by atoms with Crippen LogP contribution in [0.2, 0.25) is 0 Å². The largest absolute Gasteiger partial charge is 0.507 e. The van der Waals surface area contributed by atoms with Crippen molar-refractivity contribution in [2.45, 2.75) is 13.0 Å². The van der Waals surface area contributed by atoms with Crippen LogP contribution in [0.1, 0.15) is 24.2 Å². The Morgan fingerprint density at radius 3 is 2.67 bits per heavy atom. The number of para-hydroxylation sites is 2. The highest BCUT2D eigenvalue weighted by Gasteiger charge is 2.48. The van der Waals surface area contributed by atoms with E-state index in [1.54, 1.807) is 54.7 Å². The Kier molecular flexibility index (Phi) is 5.10. The van der Waals surface area contributed by atoms with Crippen molar-refractivity contribution in [1.82, 2.24) is 15.0 Å². The molecular weight excluding hydrogens is 420 g/mol. The lowest BCUT2D eigenvalue weighted by molar-refractivity contribution is -0.132. The number of aliphatic hydroxyl groups excluding tert-OH is 1. The lowest BCUT2D eigenvalue weighted by Gasteiger charge is -2.22. The molecule has 8 nitrogen and oxygen atoms in total. The number of ketones is 1. The summed E-state index contributed by atoms with van der Waals surface area (Å²) in [7, 11) is 0. The topological polar surface area (TPSA) is 108 Å². The van der Waals surface area contributed by atoms with Crippen molar-refractivity contribution >= 4 is 34.4 Å². The van der Waals surface area contributed by atoms with Gasteiger partial charge in [-0.3, -0.25) is 19.5 Å². The maximum Gasteiger partial charge on any atom is 0.302 e. The average Bonchev–Trinajstić information content (AvgIpc) is 3.38. The molecule has 1 aliphatic heterocycles. The fourth-order valence-electron chi connectivity index (χ4n) is 3.98. The summed E-state index contributed by atoms with van der Waals surface area (Å²) in [5.41, 5.74) is 2.11. The van der Waals surface area contributed by atoms with Gasteiger partial charge in [-0.05, 0) is 43.3 Å². The molecule has 5 rings (SSSR count). The maximum absolute atomic E-state index is 13.2. The van der Waals surface area contributed by atoms with Gasteiger partial charge in [0.2, 0.25) is 5.95 Å². The number of amides is 1. The molecule has 33 heavy (non-hydrogen) atoms. The van der Waals surface area contributed by atoms with E-state index in [2.05, 4.69) is 15.0 Å². The zero-order chi connectivity index (χ0) is 22.9. The monoisotopic (exact) mass is 440 g/mol. The molecule has 2 aromatic heterocycles. The number of imidazole rings is 1. The number of Topliss-reactive ketones (excluding diaryl/α,β-unsaturated/α-hetero) is 1. The maximum atomic E-state index is 13.2. The lowest BCUT2D eigenvalue weighted by atomic mass is 9.98. The van der Waals surface area contributed by atoms with Gasteiger partial charge < -0.3 is 14.8 Å². The Morgan fingerprint density at radius 1 is 1.09 bits per heavy atom. The number of hydrogen-bond acceptors (Lipinski definition) is 6. The summed E-state index contributed by atoms with van der Waals surface area (Å²) in [6, 6.07) is 18.3. The Balaban J connectivity index is 1.70. The summed E-state index contributed by atoms with van der Waals surface area (Å²) in [4.78, 5) is 39.6. The Hall–Kier alpha value is -4.46. The third-order valence-corrected chi connectivity index (χ3v) is 5.44. The van der Waals surface area contributed by atoms with Crippen molar-refractivity contribution in [2.75, 3.05) is 11.5 Å². The van der Waals surface area contributed by atoms with E-state index >= 15 is 0 Å². The second-order valence-electron chi connectivity index (χ2n) is 7.46. The number of anilines is 1. The molecule has 4 aromatic rings. The molecule has 1 aliphatic rings. The summed E-state index contributed by atoms with van der Waals surface area (Å²) in [6.07, 6.45) is 1.57. The molecule has 8 heteroatoms. The molecule has 1 atom stereocenters. The number of fused-ring (bicyclic) bond motifs is 1. The van der Waals surface area contributed by atoms with E-state index in [0.29, 0.717) is 29.1 Å². The molecule has 1 fully saturated rings. The fraction of sp³-hybridized carbons (Fsp3) is 0.120. The van der Waals surface area contributed by atoms with Crippen LogP contribution in [-0.4, -0.2) is 38.4 Å². The molecule has 0 aliphatic carbocycles. The Labute approximate surface area is 189 Å². The highest BCUT2D eigenvalue weighted by atomic mass is 16.5. The zero-order valence-corrected chi connectivity index (χ0v) is 17.7. The number of pyridine rings is 1. The number of nitrogens with zero attached hydrogens (tertiary/aromatic N) is 3. The molecule has 1 unspecified atom stereocenters. The molecule has 0 saturated carbocycles. The van der Waals surface area contributed by atoms with Crippen LogP contribution in [0.4, 0.5) is 5.95 Å².